The predicted molar refractivity (Wildman–Crippen MR) is 73.7 cm³/mol. The monoisotopic (exact) mass is 260 g/mol. The summed E-state index contributed by atoms with van der Waals surface area (Å²) < 4.78 is 0. The number of rotatable bonds is 4. The van der Waals surface area contributed by atoms with E-state index in [1.807, 2.05) is 12.3 Å². The molecule has 0 atom stereocenters. The molecule has 0 radical (unpaired) electrons. The molecule has 3 rings (SSSR count). The number of carbonyl (C=O) groups excluding carboxylic acids is 1. The van der Waals surface area contributed by atoms with Crippen molar-refractivity contribution in [2.45, 2.75) is 37.8 Å². The zero-order valence-electron chi connectivity index (χ0n) is 11.1. The van der Waals surface area contributed by atoms with Crippen molar-refractivity contribution in [1.82, 2.24) is 10.3 Å². The van der Waals surface area contributed by atoms with Crippen molar-refractivity contribution in [1.29, 1.82) is 0 Å². The predicted octanol–water partition coefficient (Wildman–Crippen LogP) is 0.789. The Hall–Kier alpha value is -1.62. The van der Waals surface area contributed by atoms with Crippen molar-refractivity contribution in [2.24, 2.45) is 5.73 Å². The van der Waals surface area contributed by atoms with Gasteiger partial charge in [-0.2, -0.15) is 0 Å². The van der Waals surface area contributed by atoms with Gasteiger partial charge in [0.05, 0.1) is 5.54 Å². The second-order valence-electron chi connectivity index (χ2n) is 5.56. The van der Waals surface area contributed by atoms with Crippen molar-refractivity contribution in [3.63, 3.8) is 0 Å². The van der Waals surface area contributed by atoms with Crippen LogP contribution in [-0.2, 0) is 11.3 Å². The average Bonchev–Trinajstić information content (AvgIpc) is 2.96. The fraction of sp³-hybridized carbons (Fsp3) is 0.571. The minimum absolute atomic E-state index is 0.0352. The van der Waals surface area contributed by atoms with Gasteiger partial charge in [-0.25, -0.2) is 4.98 Å². The zero-order chi connectivity index (χ0) is 13.3. The van der Waals surface area contributed by atoms with E-state index in [4.69, 9.17) is 5.73 Å². The van der Waals surface area contributed by atoms with Crippen LogP contribution in [0.4, 0.5) is 5.82 Å². The number of anilines is 1. The van der Waals surface area contributed by atoms with Gasteiger partial charge < -0.3 is 16.0 Å². The van der Waals surface area contributed by atoms with Crippen LogP contribution in [0.2, 0.25) is 0 Å². The van der Waals surface area contributed by atoms with Crippen LogP contribution in [0.5, 0.6) is 0 Å². The summed E-state index contributed by atoms with van der Waals surface area (Å²) >= 11 is 0. The fourth-order valence-electron chi connectivity index (χ4n) is 2.41. The first-order chi connectivity index (χ1) is 9.17. The van der Waals surface area contributed by atoms with Crippen LogP contribution in [0.3, 0.4) is 0 Å². The van der Waals surface area contributed by atoms with Crippen LogP contribution in [0.15, 0.2) is 18.3 Å². The van der Waals surface area contributed by atoms with E-state index in [1.165, 1.54) is 12.8 Å². The third-order valence-corrected chi connectivity index (χ3v) is 3.93. The van der Waals surface area contributed by atoms with Gasteiger partial charge in [0.15, 0.2) is 0 Å². The van der Waals surface area contributed by atoms with E-state index in [0.717, 1.165) is 37.3 Å². The van der Waals surface area contributed by atoms with Crippen molar-refractivity contribution in [3.05, 3.63) is 23.9 Å². The van der Waals surface area contributed by atoms with E-state index in [1.54, 1.807) is 0 Å². The standard InChI is InChI=1S/C14H20N4O/c15-14(4-5-14)13(19)17-10-11-3-6-16-12(9-11)18-7-1-2-8-18/h3,6,9H,1-2,4-5,7-8,10,15H2,(H,17,19). The molecule has 0 bridgehead atoms. The number of carbonyl (C=O) groups is 1. The molecule has 1 saturated carbocycles. The van der Waals surface area contributed by atoms with E-state index < -0.39 is 5.54 Å². The summed E-state index contributed by atoms with van der Waals surface area (Å²) in [5.41, 5.74) is 6.34. The normalized spacial score (nSPS) is 20.4. The quantitative estimate of drug-likeness (QED) is 0.839. The van der Waals surface area contributed by atoms with Gasteiger partial charge in [0, 0.05) is 25.8 Å². The zero-order valence-corrected chi connectivity index (χ0v) is 11.1. The summed E-state index contributed by atoms with van der Waals surface area (Å²) in [5.74, 6) is 0.977. The highest BCUT2D eigenvalue weighted by Crippen LogP contribution is 2.32. The Labute approximate surface area is 113 Å². The molecule has 1 amide bonds. The van der Waals surface area contributed by atoms with Crippen molar-refractivity contribution in [3.8, 4) is 0 Å². The smallest absolute Gasteiger partial charge is 0.240 e. The third kappa shape index (κ3) is 2.71. The lowest BCUT2D eigenvalue weighted by Gasteiger charge is -2.17. The molecule has 2 aliphatic rings. The van der Waals surface area contributed by atoms with Crippen molar-refractivity contribution >= 4 is 11.7 Å². The number of hydrogen-bond donors (Lipinski definition) is 2. The Morgan fingerprint density at radius 2 is 2.16 bits per heavy atom. The van der Waals surface area contributed by atoms with Gasteiger partial charge in [-0.15, -0.1) is 0 Å². The number of amides is 1. The van der Waals surface area contributed by atoms with Gasteiger partial charge in [0.25, 0.3) is 0 Å². The lowest BCUT2D eigenvalue weighted by Crippen LogP contribution is -2.42. The lowest BCUT2D eigenvalue weighted by molar-refractivity contribution is -0.123. The summed E-state index contributed by atoms with van der Waals surface area (Å²) in [6.07, 6.45) is 5.88. The molecule has 19 heavy (non-hydrogen) atoms. The maximum absolute atomic E-state index is 11.8. The van der Waals surface area contributed by atoms with Crippen LogP contribution >= 0.6 is 0 Å². The molecule has 2 fully saturated rings. The van der Waals surface area contributed by atoms with Crippen molar-refractivity contribution in [2.75, 3.05) is 18.0 Å². The summed E-state index contributed by atoms with van der Waals surface area (Å²) in [6.45, 7) is 2.69. The maximum Gasteiger partial charge on any atom is 0.240 e. The highest BCUT2D eigenvalue weighted by Gasteiger charge is 2.45. The molecule has 1 aromatic heterocycles. The molecule has 102 valence electrons. The Balaban J connectivity index is 1.61. The Morgan fingerprint density at radius 1 is 1.42 bits per heavy atom. The first-order valence-electron chi connectivity index (χ1n) is 6.94. The number of nitrogens with one attached hydrogen (secondary N) is 1. The molecular weight excluding hydrogens is 240 g/mol. The molecule has 5 heteroatoms. The molecule has 1 aromatic rings. The number of aromatic nitrogens is 1. The largest absolute Gasteiger partial charge is 0.357 e. The van der Waals surface area contributed by atoms with Gasteiger partial charge in [0.2, 0.25) is 5.91 Å². The Bertz CT molecular complexity index is 478. The molecule has 5 nitrogen and oxygen atoms in total. The van der Waals surface area contributed by atoms with Gasteiger partial charge in [-0.1, -0.05) is 0 Å². The summed E-state index contributed by atoms with van der Waals surface area (Å²) in [7, 11) is 0. The Morgan fingerprint density at radius 3 is 2.84 bits per heavy atom. The molecule has 1 saturated heterocycles. The molecule has 0 aromatic carbocycles. The van der Waals surface area contributed by atoms with E-state index in [-0.39, 0.29) is 5.91 Å². The third-order valence-electron chi connectivity index (χ3n) is 3.93. The lowest BCUT2D eigenvalue weighted by atomic mass is 10.2. The van der Waals surface area contributed by atoms with Crippen LogP contribution < -0.4 is 16.0 Å². The molecule has 1 aliphatic heterocycles. The second-order valence-corrected chi connectivity index (χ2v) is 5.56. The molecule has 0 spiro atoms. The van der Waals surface area contributed by atoms with Crippen LogP contribution in [0, 0.1) is 0 Å². The second kappa shape index (κ2) is 4.81. The summed E-state index contributed by atoms with van der Waals surface area (Å²) in [4.78, 5) is 18.5. The summed E-state index contributed by atoms with van der Waals surface area (Å²) in [5, 5.41) is 2.91. The van der Waals surface area contributed by atoms with Crippen LogP contribution in [0.25, 0.3) is 0 Å². The molecule has 2 heterocycles. The van der Waals surface area contributed by atoms with Crippen LogP contribution in [-0.4, -0.2) is 29.5 Å². The molecule has 3 N–H and O–H groups in total. The average molecular weight is 260 g/mol. The Kier molecular flexibility index (Phi) is 3.14. The van der Waals surface area contributed by atoms with Gasteiger partial charge in [-0.3, -0.25) is 4.79 Å². The highest BCUT2D eigenvalue weighted by atomic mass is 16.2. The van der Waals surface area contributed by atoms with Gasteiger partial charge in [0.1, 0.15) is 5.82 Å². The highest BCUT2D eigenvalue weighted by molar-refractivity contribution is 5.88. The van der Waals surface area contributed by atoms with Crippen molar-refractivity contribution < 1.29 is 4.79 Å². The number of pyridine rings is 1. The fourth-order valence-corrected chi connectivity index (χ4v) is 2.41. The SMILES string of the molecule is NC1(C(=O)NCc2ccnc(N3CCCC3)c2)CC1. The first-order valence-corrected chi connectivity index (χ1v) is 6.94. The van der Waals surface area contributed by atoms with E-state index in [2.05, 4.69) is 21.3 Å². The maximum atomic E-state index is 11.8. The van der Waals surface area contributed by atoms with E-state index >= 15 is 0 Å². The summed E-state index contributed by atoms with van der Waals surface area (Å²) in [6, 6.07) is 4.00. The van der Waals surface area contributed by atoms with E-state index in [0.29, 0.717) is 6.54 Å². The minimum atomic E-state index is -0.592. The number of nitrogens with zero attached hydrogens (tertiary/aromatic N) is 2. The topological polar surface area (TPSA) is 71.2 Å². The van der Waals surface area contributed by atoms with Crippen LogP contribution in [0.1, 0.15) is 31.2 Å². The minimum Gasteiger partial charge on any atom is -0.357 e. The number of nitrogens with two attached hydrogens (primary N) is 1. The van der Waals surface area contributed by atoms with E-state index in [9.17, 15) is 4.79 Å². The number of hydrogen-bond acceptors (Lipinski definition) is 4. The molecular formula is C14H20N4O. The van der Waals surface area contributed by atoms with Gasteiger partial charge >= 0.3 is 0 Å². The molecule has 1 aliphatic carbocycles. The molecule has 0 unspecified atom stereocenters. The van der Waals surface area contributed by atoms with Gasteiger partial charge in [-0.05, 0) is 43.4 Å². The first kappa shape index (κ1) is 12.4.